The van der Waals surface area contributed by atoms with Gasteiger partial charge >= 0.3 is 5.97 Å². The van der Waals surface area contributed by atoms with Gasteiger partial charge in [-0.1, -0.05) is 13.5 Å². The molecule has 1 N–H and O–H groups in total. The van der Waals surface area contributed by atoms with Crippen molar-refractivity contribution in [2.45, 2.75) is 65.8 Å². The molecule has 0 saturated carbocycles. The van der Waals surface area contributed by atoms with E-state index in [1.165, 1.54) is 11.9 Å². The third-order valence-corrected chi connectivity index (χ3v) is 5.02. The molecule has 0 aromatic rings. The highest BCUT2D eigenvalue weighted by molar-refractivity contribution is 8.00. The normalized spacial score (nSPS) is 17.3. The van der Waals surface area contributed by atoms with Crippen LogP contribution in [0.25, 0.3) is 0 Å². The van der Waals surface area contributed by atoms with Crippen LogP contribution in [0.5, 0.6) is 0 Å². The van der Waals surface area contributed by atoms with Crippen molar-refractivity contribution in [3.8, 4) is 0 Å². The Morgan fingerprint density at radius 1 is 1.33 bits per heavy atom. The molecule has 136 valence electrons. The summed E-state index contributed by atoms with van der Waals surface area (Å²) < 4.78 is 7.39. The van der Waals surface area contributed by atoms with Gasteiger partial charge in [0, 0.05) is 18.5 Å². The Morgan fingerprint density at radius 2 is 2.00 bits per heavy atom. The predicted molar refractivity (Wildman–Crippen MR) is 99.1 cm³/mol. The molecule has 1 aliphatic rings. The van der Waals surface area contributed by atoms with E-state index in [9.17, 15) is 9.59 Å². The van der Waals surface area contributed by atoms with Gasteiger partial charge < -0.3 is 10.1 Å². The average Bonchev–Trinajstić information content (AvgIpc) is 2.43. The zero-order valence-corrected chi connectivity index (χ0v) is 16.3. The van der Waals surface area contributed by atoms with Crippen molar-refractivity contribution >= 4 is 23.8 Å². The van der Waals surface area contributed by atoms with Crippen molar-refractivity contribution < 1.29 is 14.3 Å². The lowest BCUT2D eigenvalue weighted by atomic mass is 10.0. The van der Waals surface area contributed by atoms with Crippen LogP contribution >= 0.6 is 11.9 Å². The first-order valence-corrected chi connectivity index (χ1v) is 9.33. The van der Waals surface area contributed by atoms with Gasteiger partial charge in [-0.05, 0) is 64.5 Å². The summed E-state index contributed by atoms with van der Waals surface area (Å²) in [5, 5.41) is 3.44. The highest BCUT2D eigenvalue weighted by Crippen LogP contribution is 2.35. The van der Waals surface area contributed by atoms with Gasteiger partial charge in [-0.2, -0.15) is 0 Å². The van der Waals surface area contributed by atoms with Gasteiger partial charge in [0.25, 0.3) is 0 Å². The van der Waals surface area contributed by atoms with E-state index in [1.807, 2.05) is 6.92 Å². The fraction of sp³-hybridized carbons (Fsp3) is 0.667. The second-order valence-corrected chi connectivity index (χ2v) is 7.83. The third kappa shape index (κ3) is 5.98. The number of hydrogen-bond donors (Lipinski definition) is 1. The highest BCUT2D eigenvalue weighted by Gasteiger charge is 2.30. The van der Waals surface area contributed by atoms with Crippen molar-refractivity contribution in [1.82, 2.24) is 9.62 Å². The van der Waals surface area contributed by atoms with Crippen molar-refractivity contribution in [1.29, 1.82) is 0 Å². The molecular weight excluding hydrogens is 324 g/mol. The Morgan fingerprint density at radius 3 is 2.54 bits per heavy atom. The van der Waals surface area contributed by atoms with Gasteiger partial charge in [-0.3, -0.25) is 4.79 Å². The van der Waals surface area contributed by atoms with Crippen LogP contribution in [-0.4, -0.2) is 34.9 Å². The number of nitrogens with one attached hydrogen (secondary N) is 1. The third-order valence-electron chi connectivity index (χ3n) is 3.58. The molecule has 0 atom stereocenters. The summed E-state index contributed by atoms with van der Waals surface area (Å²) in [7, 11) is 0. The summed E-state index contributed by atoms with van der Waals surface area (Å²) in [5.41, 5.74) is 1.03. The molecule has 1 amide bonds. The van der Waals surface area contributed by atoms with E-state index in [4.69, 9.17) is 4.74 Å². The van der Waals surface area contributed by atoms with E-state index in [-0.39, 0.29) is 11.4 Å². The van der Waals surface area contributed by atoms with Gasteiger partial charge in [0.05, 0.1) is 12.2 Å². The number of esters is 1. The highest BCUT2D eigenvalue weighted by atomic mass is 32.2. The molecule has 1 heterocycles. The summed E-state index contributed by atoms with van der Waals surface area (Å²) in [6.45, 7) is 15.3. The summed E-state index contributed by atoms with van der Waals surface area (Å²) in [5.74, 6) is -0.512. The van der Waals surface area contributed by atoms with Crippen molar-refractivity contribution in [3.05, 3.63) is 22.8 Å². The minimum absolute atomic E-state index is 0.0934. The summed E-state index contributed by atoms with van der Waals surface area (Å²) >= 11 is 1.41. The number of amides is 1. The molecule has 0 bridgehead atoms. The fourth-order valence-corrected chi connectivity index (χ4v) is 3.53. The molecule has 0 aromatic heterocycles. The first-order chi connectivity index (χ1) is 11.2. The zero-order chi connectivity index (χ0) is 18.3. The average molecular weight is 355 g/mol. The molecule has 0 radical (unpaired) electrons. The Bertz CT molecular complexity index is 521. The van der Waals surface area contributed by atoms with E-state index in [0.717, 1.165) is 25.0 Å². The van der Waals surface area contributed by atoms with Crippen molar-refractivity contribution in [2.75, 3.05) is 13.2 Å². The fourth-order valence-electron chi connectivity index (χ4n) is 2.34. The molecule has 0 saturated heterocycles. The molecule has 5 nitrogen and oxygen atoms in total. The molecule has 0 aliphatic carbocycles. The second-order valence-electron chi connectivity index (χ2n) is 6.79. The first-order valence-electron chi connectivity index (χ1n) is 8.55. The monoisotopic (exact) mass is 354 g/mol. The Labute approximate surface area is 150 Å². The minimum Gasteiger partial charge on any atom is -0.462 e. The van der Waals surface area contributed by atoms with Crippen LogP contribution < -0.4 is 5.32 Å². The summed E-state index contributed by atoms with van der Waals surface area (Å²) in [6.07, 6.45) is 2.78. The van der Waals surface area contributed by atoms with Crippen LogP contribution in [0.2, 0.25) is 0 Å². The lowest BCUT2D eigenvalue weighted by Crippen LogP contribution is -2.39. The molecule has 1 rings (SSSR count). The molecule has 0 unspecified atom stereocenters. The smallest absolute Gasteiger partial charge is 0.341 e. The molecule has 0 aromatic carbocycles. The SMILES string of the molecule is C=C1CCCN(C(C)(C)C)SC(NC(=O)CCC)=C1C(=O)OCC. The van der Waals surface area contributed by atoms with Crippen molar-refractivity contribution in [2.24, 2.45) is 0 Å². The summed E-state index contributed by atoms with van der Waals surface area (Å²) in [4.78, 5) is 24.6. The lowest BCUT2D eigenvalue weighted by Gasteiger charge is -2.36. The number of nitrogens with zero attached hydrogens (tertiary/aromatic N) is 1. The zero-order valence-electron chi connectivity index (χ0n) is 15.5. The van der Waals surface area contributed by atoms with Crippen LogP contribution in [-0.2, 0) is 14.3 Å². The van der Waals surface area contributed by atoms with E-state index in [2.05, 4.69) is 37.0 Å². The molecular formula is C18H30N2O3S. The van der Waals surface area contributed by atoms with Gasteiger partial charge in [-0.25, -0.2) is 9.10 Å². The predicted octanol–water partition coefficient (Wildman–Crippen LogP) is 3.78. The second kappa shape index (κ2) is 9.28. The quantitative estimate of drug-likeness (QED) is 0.601. The molecule has 1 aliphatic heterocycles. The van der Waals surface area contributed by atoms with Crippen molar-refractivity contribution in [3.63, 3.8) is 0 Å². The van der Waals surface area contributed by atoms with Gasteiger partial charge in [0.2, 0.25) is 5.91 Å². The largest absolute Gasteiger partial charge is 0.462 e. The Hall–Kier alpha value is -1.27. The van der Waals surface area contributed by atoms with Crippen LogP contribution in [0.1, 0.15) is 60.3 Å². The molecule has 0 fully saturated rings. The standard InChI is InChI=1S/C18H30N2O3S/c1-7-10-14(21)19-16-15(17(22)23-8-2)13(3)11-9-12-20(24-16)18(4,5)6/h3,7-12H2,1-2,4-6H3,(H,19,21). The van der Waals surface area contributed by atoms with E-state index < -0.39 is 5.97 Å². The number of carbonyl (C=O) groups is 2. The van der Waals surface area contributed by atoms with E-state index >= 15 is 0 Å². The van der Waals surface area contributed by atoms with Crippen LogP contribution in [0.3, 0.4) is 0 Å². The van der Waals surface area contributed by atoms with Crippen LogP contribution in [0.15, 0.2) is 22.8 Å². The number of hydrogen-bond acceptors (Lipinski definition) is 5. The maximum atomic E-state index is 12.5. The topological polar surface area (TPSA) is 58.6 Å². The molecule has 0 spiro atoms. The molecule has 24 heavy (non-hydrogen) atoms. The minimum atomic E-state index is -0.419. The van der Waals surface area contributed by atoms with Crippen LogP contribution in [0.4, 0.5) is 0 Å². The van der Waals surface area contributed by atoms with Gasteiger partial charge in [0.1, 0.15) is 5.03 Å². The Balaban J connectivity index is 3.27. The van der Waals surface area contributed by atoms with Gasteiger partial charge in [-0.15, -0.1) is 0 Å². The molecule has 6 heteroatoms. The number of carbonyl (C=O) groups excluding carboxylic acids is 2. The Kier molecular flexibility index (Phi) is 8.03. The van der Waals surface area contributed by atoms with Gasteiger partial charge in [0.15, 0.2) is 0 Å². The maximum Gasteiger partial charge on any atom is 0.341 e. The maximum absolute atomic E-state index is 12.5. The van der Waals surface area contributed by atoms with E-state index in [0.29, 0.717) is 30.1 Å². The van der Waals surface area contributed by atoms with Crippen LogP contribution in [0, 0.1) is 0 Å². The number of ether oxygens (including phenoxy) is 1. The van der Waals surface area contributed by atoms with E-state index in [1.54, 1.807) is 6.92 Å². The first kappa shape index (κ1) is 20.8. The number of rotatable bonds is 5. The summed E-state index contributed by atoms with van der Waals surface area (Å²) in [6, 6.07) is 0. The lowest BCUT2D eigenvalue weighted by molar-refractivity contribution is -0.138.